The predicted octanol–water partition coefficient (Wildman–Crippen LogP) is -0.0292. The van der Waals surface area contributed by atoms with Crippen molar-refractivity contribution in [3.05, 3.63) is 18.2 Å². The fourth-order valence-corrected chi connectivity index (χ4v) is 3.12. The first-order valence-corrected chi connectivity index (χ1v) is 9.01. The van der Waals surface area contributed by atoms with Crippen LogP contribution in [0.2, 0.25) is 0 Å². The Morgan fingerprint density at radius 3 is 2.70 bits per heavy atom. The molecule has 1 aliphatic heterocycles. The van der Waals surface area contributed by atoms with E-state index in [0.29, 0.717) is 12.6 Å². The van der Waals surface area contributed by atoms with Gasteiger partial charge in [-0.3, -0.25) is 9.80 Å². The molecule has 0 radical (unpaired) electrons. The van der Waals surface area contributed by atoms with Crippen molar-refractivity contribution in [1.82, 2.24) is 19.4 Å². The zero-order valence-corrected chi connectivity index (χ0v) is 13.3. The van der Waals surface area contributed by atoms with Crippen molar-refractivity contribution in [2.75, 3.05) is 38.2 Å². The van der Waals surface area contributed by atoms with Gasteiger partial charge in [-0.2, -0.15) is 0 Å². The molecule has 0 saturated carbocycles. The van der Waals surface area contributed by atoms with E-state index in [4.69, 9.17) is 0 Å². The summed E-state index contributed by atoms with van der Waals surface area (Å²) in [5.74, 6) is 1.32. The summed E-state index contributed by atoms with van der Waals surface area (Å²) in [4.78, 5) is 9.00. The summed E-state index contributed by atoms with van der Waals surface area (Å²) in [7, 11) is -0.860. The van der Waals surface area contributed by atoms with Crippen molar-refractivity contribution in [3.8, 4) is 0 Å². The zero-order valence-electron chi connectivity index (χ0n) is 12.5. The summed E-state index contributed by atoms with van der Waals surface area (Å²) < 4.78 is 24.5. The first kappa shape index (κ1) is 15.5. The molecule has 7 heteroatoms. The monoisotopic (exact) mass is 300 g/mol. The molecular formula is C13H24N4O2S. The van der Waals surface area contributed by atoms with Gasteiger partial charge in [0.15, 0.2) is 0 Å². The summed E-state index contributed by atoms with van der Waals surface area (Å²) in [5.41, 5.74) is 0. The molecule has 0 spiro atoms. The number of hydrogen-bond donors (Lipinski definition) is 0. The van der Waals surface area contributed by atoms with Crippen LogP contribution in [-0.4, -0.2) is 72.0 Å². The third kappa shape index (κ3) is 4.29. The second kappa shape index (κ2) is 6.24. The van der Waals surface area contributed by atoms with Gasteiger partial charge in [0, 0.05) is 57.9 Å². The van der Waals surface area contributed by atoms with Crippen LogP contribution in [0.25, 0.3) is 0 Å². The van der Waals surface area contributed by atoms with Gasteiger partial charge >= 0.3 is 0 Å². The van der Waals surface area contributed by atoms with Crippen LogP contribution in [0.4, 0.5) is 0 Å². The molecule has 2 heterocycles. The van der Waals surface area contributed by atoms with E-state index in [9.17, 15) is 8.42 Å². The van der Waals surface area contributed by atoms with Crippen LogP contribution in [0, 0.1) is 0 Å². The molecule has 0 bridgehead atoms. The zero-order chi connectivity index (χ0) is 14.8. The van der Waals surface area contributed by atoms with Crippen LogP contribution in [0.15, 0.2) is 12.4 Å². The Kier molecular flexibility index (Phi) is 4.82. The van der Waals surface area contributed by atoms with Crippen molar-refractivity contribution in [3.63, 3.8) is 0 Å². The summed E-state index contributed by atoms with van der Waals surface area (Å²) in [6.07, 6.45) is 5.08. The third-order valence-corrected chi connectivity index (χ3v) is 4.82. The van der Waals surface area contributed by atoms with Crippen LogP contribution in [0.5, 0.6) is 0 Å². The van der Waals surface area contributed by atoms with Gasteiger partial charge in [0.25, 0.3) is 0 Å². The Bertz CT molecular complexity index is 540. The van der Waals surface area contributed by atoms with Crippen molar-refractivity contribution in [1.29, 1.82) is 0 Å². The number of imidazole rings is 1. The van der Waals surface area contributed by atoms with Gasteiger partial charge in [-0.15, -0.1) is 0 Å². The number of piperazine rings is 1. The van der Waals surface area contributed by atoms with E-state index >= 15 is 0 Å². The Labute approximate surface area is 121 Å². The fraction of sp³-hybridized carbons (Fsp3) is 0.769. The van der Waals surface area contributed by atoms with Crippen LogP contribution in [-0.2, 0) is 23.4 Å². The standard InChI is InChI=1S/C13H24N4O2S/c1-12-10-16(8-9-20(3,18)19)6-7-17(12)11-13-14-4-5-15(13)2/h4-5,12H,6-11H2,1-3H3/t12-/m0/s1. The van der Waals surface area contributed by atoms with Gasteiger partial charge in [-0.25, -0.2) is 13.4 Å². The third-order valence-electron chi connectivity index (χ3n) is 3.89. The quantitative estimate of drug-likeness (QED) is 0.764. The Morgan fingerprint density at radius 2 is 2.15 bits per heavy atom. The maximum atomic E-state index is 11.2. The predicted molar refractivity (Wildman–Crippen MR) is 79.2 cm³/mol. The average Bonchev–Trinajstić information content (AvgIpc) is 2.75. The largest absolute Gasteiger partial charge is 0.337 e. The van der Waals surface area contributed by atoms with Crippen LogP contribution in [0.3, 0.4) is 0 Å². The number of aromatic nitrogens is 2. The summed E-state index contributed by atoms with van der Waals surface area (Å²) >= 11 is 0. The highest BCUT2D eigenvalue weighted by Crippen LogP contribution is 2.12. The summed E-state index contributed by atoms with van der Waals surface area (Å²) in [5, 5.41) is 0. The van der Waals surface area contributed by atoms with Crippen molar-refractivity contribution < 1.29 is 8.42 Å². The molecule has 20 heavy (non-hydrogen) atoms. The molecule has 0 aliphatic carbocycles. The van der Waals surface area contributed by atoms with Gasteiger partial charge in [0.05, 0.1) is 12.3 Å². The van der Waals surface area contributed by atoms with E-state index in [1.54, 1.807) is 0 Å². The lowest BCUT2D eigenvalue weighted by molar-refractivity contribution is 0.0788. The van der Waals surface area contributed by atoms with Gasteiger partial charge in [0.2, 0.25) is 0 Å². The molecule has 0 N–H and O–H groups in total. The van der Waals surface area contributed by atoms with E-state index in [0.717, 1.165) is 32.0 Å². The lowest BCUT2D eigenvalue weighted by atomic mass is 10.2. The average molecular weight is 300 g/mol. The summed E-state index contributed by atoms with van der Waals surface area (Å²) in [6, 6.07) is 0.417. The number of aryl methyl sites for hydroxylation is 1. The minimum Gasteiger partial charge on any atom is -0.337 e. The molecule has 1 fully saturated rings. The lowest BCUT2D eigenvalue weighted by Crippen LogP contribution is -2.52. The maximum absolute atomic E-state index is 11.2. The highest BCUT2D eigenvalue weighted by atomic mass is 32.2. The second-order valence-corrected chi connectivity index (χ2v) is 7.96. The van der Waals surface area contributed by atoms with E-state index in [1.165, 1.54) is 6.26 Å². The molecule has 1 saturated heterocycles. The molecule has 114 valence electrons. The van der Waals surface area contributed by atoms with E-state index in [-0.39, 0.29) is 5.75 Å². The molecule has 1 atom stereocenters. The summed E-state index contributed by atoms with van der Waals surface area (Å²) in [6.45, 7) is 6.47. The normalized spacial score (nSPS) is 22.2. The number of rotatable bonds is 5. The first-order valence-electron chi connectivity index (χ1n) is 6.95. The molecule has 2 rings (SSSR count). The van der Waals surface area contributed by atoms with Gasteiger partial charge < -0.3 is 4.57 Å². The van der Waals surface area contributed by atoms with Crippen molar-refractivity contribution in [2.45, 2.75) is 19.5 Å². The fourth-order valence-electron chi connectivity index (χ4n) is 2.53. The van der Waals surface area contributed by atoms with Gasteiger partial charge in [-0.05, 0) is 6.92 Å². The Balaban J connectivity index is 1.85. The molecule has 1 aromatic rings. The van der Waals surface area contributed by atoms with E-state index in [2.05, 4.69) is 21.7 Å². The molecular weight excluding hydrogens is 276 g/mol. The molecule has 1 aliphatic rings. The van der Waals surface area contributed by atoms with Crippen molar-refractivity contribution >= 4 is 9.84 Å². The first-order chi connectivity index (χ1) is 9.35. The number of sulfone groups is 1. The maximum Gasteiger partial charge on any atom is 0.148 e. The Morgan fingerprint density at radius 1 is 1.40 bits per heavy atom. The topological polar surface area (TPSA) is 58.4 Å². The van der Waals surface area contributed by atoms with E-state index in [1.807, 2.05) is 24.0 Å². The molecule has 0 aromatic carbocycles. The Hall–Kier alpha value is -0.920. The molecule has 0 amide bonds. The number of nitrogens with zero attached hydrogens (tertiary/aromatic N) is 4. The minimum atomic E-state index is -2.87. The van der Waals surface area contributed by atoms with Crippen molar-refractivity contribution in [2.24, 2.45) is 7.05 Å². The van der Waals surface area contributed by atoms with Gasteiger partial charge in [0.1, 0.15) is 15.7 Å². The molecule has 1 aromatic heterocycles. The van der Waals surface area contributed by atoms with Gasteiger partial charge in [-0.1, -0.05) is 0 Å². The highest BCUT2D eigenvalue weighted by molar-refractivity contribution is 7.90. The second-order valence-electron chi connectivity index (χ2n) is 5.70. The lowest BCUT2D eigenvalue weighted by Gasteiger charge is -2.39. The van der Waals surface area contributed by atoms with Crippen LogP contribution < -0.4 is 0 Å². The van der Waals surface area contributed by atoms with Crippen LogP contribution in [0.1, 0.15) is 12.7 Å². The van der Waals surface area contributed by atoms with Crippen LogP contribution >= 0.6 is 0 Å². The highest BCUT2D eigenvalue weighted by Gasteiger charge is 2.24. The molecule has 6 nitrogen and oxygen atoms in total. The SMILES string of the molecule is C[C@H]1CN(CCS(C)(=O)=O)CCN1Cc1nccn1C. The number of hydrogen-bond acceptors (Lipinski definition) is 5. The smallest absolute Gasteiger partial charge is 0.148 e. The minimum absolute atomic E-state index is 0.249. The van der Waals surface area contributed by atoms with E-state index < -0.39 is 9.84 Å². The molecule has 0 unspecified atom stereocenters.